The zero-order valence-corrected chi connectivity index (χ0v) is 12.4. The van der Waals surface area contributed by atoms with E-state index in [1.165, 1.54) is 24.6 Å². The summed E-state index contributed by atoms with van der Waals surface area (Å²) in [6.07, 6.45) is 2.35. The molecule has 0 amide bonds. The van der Waals surface area contributed by atoms with E-state index in [2.05, 4.69) is 25.0 Å². The van der Waals surface area contributed by atoms with Crippen LogP contribution in [0.5, 0.6) is 0 Å². The van der Waals surface area contributed by atoms with Gasteiger partial charge in [0.15, 0.2) is 0 Å². The molecule has 1 aliphatic rings. The molecule has 0 unspecified atom stereocenters. The number of nitrogen functional groups attached to an aromatic ring is 1. The zero-order valence-electron chi connectivity index (χ0n) is 11.6. The van der Waals surface area contributed by atoms with Crippen molar-refractivity contribution in [1.29, 1.82) is 0 Å². The predicted molar refractivity (Wildman–Crippen MR) is 77.8 cm³/mol. The van der Waals surface area contributed by atoms with Crippen molar-refractivity contribution in [2.75, 3.05) is 23.7 Å². The molecular weight excluding hydrogens is 274 g/mol. The fourth-order valence-corrected chi connectivity index (χ4v) is 3.10. The number of aryl methyl sites for hydroxylation is 2. The van der Waals surface area contributed by atoms with Gasteiger partial charge in [0, 0.05) is 20.1 Å². The molecule has 0 aromatic carbocycles. The van der Waals surface area contributed by atoms with E-state index in [9.17, 15) is 0 Å². The number of hydrogen-bond acceptors (Lipinski definition) is 7. The zero-order chi connectivity index (χ0) is 14.1. The molecule has 0 spiro atoms. The molecule has 1 saturated heterocycles. The number of anilines is 2. The van der Waals surface area contributed by atoms with Crippen LogP contribution in [0, 0.1) is 6.92 Å². The third kappa shape index (κ3) is 2.69. The van der Waals surface area contributed by atoms with Gasteiger partial charge in [-0.25, -0.2) is 0 Å². The second kappa shape index (κ2) is 5.28. The molecule has 0 aliphatic carbocycles. The van der Waals surface area contributed by atoms with Crippen LogP contribution in [0.4, 0.5) is 11.9 Å². The van der Waals surface area contributed by atoms with Crippen molar-refractivity contribution in [1.82, 2.24) is 24.7 Å². The molecule has 0 radical (unpaired) electrons. The van der Waals surface area contributed by atoms with Gasteiger partial charge in [-0.05, 0) is 37.6 Å². The second-order valence-corrected chi connectivity index (χ2v) is 5.81. The van der Waals surface area contributed by atoms with Crippen LogP contribution < -0.4 is 10.6 Å². The summed E-state index contributed by atoms with van der Waals surface area (Å²) in [5, 5.41) is 5.91. The molecular formula is C12H17N7S. The quantitative estimate of drug-likeness (QED) is 0.910. The van der Waals surface area contributed by atoms with Crippen molar-refractivity contribution in [2.24, 2.45) is 7.05 Å². The van der Waals surface area contributed by atoms with Crippen molar-refractivity contribution >= 4 is 23.7 Å². The molecule has 2 aromatic rings. The van der Waals surface area contributed by atoms with E-state index in [1.807, 2.05) is 24.7 Å². The van der Waals surface area contributed by atoms with Crippen LogP contribution in [0.3, 0.4) is 0 Å². The average molecular weight is 291 g/mol. The molecule has 20 heavy (non-hydrogen) atoms. The molecule has 0 saturated carbocycles. The topological polar surface area (TPSA) is 85.8 Å². The van der Waals surface area contributed by atoms with Gasteiger partial charge in [0.05, 0.1) is 5.69 Å². The van der Waals surface area contributed by atoms with Gasteiger partial charge in [0.1, 0.15) is 5.03 Å². The van der Waals surface area contributed by atoms with Crippen molar-refractivity contribution in [3.63, 3.8) is 0 Å². The third-order valence-electron chi connectivity index (χ3n) is 3.16. The number of hydrogen-bond donors (Lipinski definition) is 1. The molecule has 3 rings (SSSR count). The Hall–Kier alpha value is -1.83. The van der Waals surface area contributed by atoms with Crippen molar-refractivity contribution < 1.29 is 0 Å². The highest BCUT2D eigenvalue weighted by Crippen LogP contribution is 2.27. The molecule has 2 N–H and O–H groups in total. The lowest BCUT2D eigenvalue weighted by atomic mass is 10.4. The Morgan fingerprint density at radius 2 is 1.95 bits per heavy atom. The maximum Gasteiger partial charge on any atom is 0.231 e. The van der Waals surface area contributed by atoms with Gasteiger partial charge in [0.2, 0.25) is 17.1 Å². The van der Waals surface area contributed by atoms with Gasteiger partial charge in [-0.1, -0.05) is 0 Å². The van der Waals surface area contributed by atoms with E-state index in [-0.39, 0.29) is 5.95 Å². The molecule has 0 bridgehead atoms. The first-order valence-electron chi connectivity index (χ1n) is 6.57. The normalized spacial score (nSPS) is 15.0. The largest absolute Gasteiger partial charge is 0.368 e. The Bertz CT molecular complexity index is 618. The maximum absolute atomic E-state index is 5.80. The molecule has 7 nitrogen and oxygen atoms in total. The first-order valence-corrected chi connectivity index (χ1v) is 7.38. The third-order valence-corrected chi connectivity index (χ3v) is 4.12. The standard InChI is InChI=1S/C12H17N7S/c1-8-7-9(18(2)17-8)20-12-15-10(13)14-11(16-12)19-5-3-4-6-19/h7H,3-6H2,1-2H3,(H2,13,14,15,16). The molecule has 1 fully saturated rings. The Balaban J connectivity index is 1.87. The van der Waals surface area contributed by atoms with Crippen LogP contribution in [-0.2, 0) is 7.05 Å². The van der Waals surface area contributed by atoms with Gasteiger partial charge in [-0.2, -0.15) is 20.1 Å². The van der Waals surface area contributed by atoms with Crippen LogP contribution in [0.15, 0.2) is 16.2 Å². The molecule has 2 aromatic heterocycles. The minimum absolute atomic E-state index is 0.267. The molecule has 3 heterocycles. The van der Waals surface area contributed by atoms with Crippen molar-refractivity contribution in [3.05, 3.63) is 11.8 Å². The highest BCUT2D eigenvalue weighted by molar-refractivity contribution is 7.99. The Morgan fingerprint density at radius 1 is 1.20 bits per heavy atom. The van der Waals surface area contributed by atoms with Crippen LogP contribution in [-0.4, -0.2) is 37.8 Å². The summed E-state index contributed by atoms with van der Waals surface area (Å²) in [6, 6.07) is 2.00. The number of rotatable bonds is 3. The van der Waals surface area contributed by atoms with Crippen LogP contribution in [0.25, 0.3) is 0 Å². The fraction of sp³-hybridized carbons (Fsp3) is 0.500. The number of nitrogens with zero attached hydrogens (tertiary/aromatic N) is 6. The van der Waals surface area contributed by atoms with E-state index in [1.54, 1.807) is 0 Å². The molecule has 0 atom stereocenters. The predicted octanol–water partition coefficient (Wildman–Crippen LogP) is 1.25. The first-order chi connectivity index (χ1) is 9.61. The van der Waals surface area contributed by atoms with Gasteiger partial charge in [-0.3, -0.25) is 4.68 Å². The van der Waals surface area contributed by atoms with Gasteiger partial charge in [0.25, 0.3) is 0 Å². The van der Waals surface area contributed by atoms with Gasteiger partial charge < -0.3 is 10.6 Å². The van der Waals surface area contributed by atoms with Crippen molar-refractivity contribution in [2.45, 2.75) is 29.9 Å². The minimum atomic E-state index is 0.267. The smallest absolute Gasteiger partial charge is 0.231 e. The fourth-order valence-electron chi connectivity index (χ4n) is 2.24. The lowest BCUT2D eigenvalue weighted by Gasteiger charge is -2.15. The average Bonchev–Trinajstić information content (AvgIpc) is 2.99. The minimum Gasteiger partial charge on any atom is -0.368 e. The Morgan fingerprint density at radius 3 is 2.60 bits per heavy atom. The molecule has 106 valence electrons. The van der Waals surface area contributed by atoms with E-state index in [0.29, 0.717) is 11.1 Å². The van der Waals surface area contributed by atoms with Gasteiger partial charge >= 0.3 is 0 Å². The summed E-state index contributed by atoms with van der Waals surface area (Å²) in [4.78, 5) is 15.1. The highest BCUT2D eigenvalue weighted by Gasteiger charge is 2.17. The lowest BCUT2D eigenvalue weighted by Crippen LogP contribution is -2.21. The maximum atomic E-state index is 5.80. The van der Waals surface area contributed by atoms with Crippen LogP contribution >= 0.6 is 11.8 Å². The van der Waals surface area contributed by atoms with E-state index in [0.717, 1.165) is 23.8 Å². The summed E-state index contributed by atoms with van der Waals surface area (Å²) in [5.74, 6) is 0.944. The van der Waals surface area contributed by atoms with E-state index >= 15 is 0 Å². The Labute approximate surface area is 121 Å². The molecule has 1 aliphatic heterocycles. The highest BCUT2D eigenvalue weighted by atomic mass is 32.2. The summed E-state index contributed by atoms with van der Waals surface area (Å²) >= 11 is 1.45. The summed E-state index contributed by atoms with van der Waals surface area (Å²) in [5.41, 5.74) is 6.77. The number of nitrogens with two attached hydrogens (primary N) is 1. The number of aromatic nitrogens is 5. The second-order valence-electron chi connectivity index (χ2n) is 4.82. The van der Waals surface area contributed by atoms with Crippen LogP contribution in [0.2, 0.25) is 0 Å². The SMILES string of the molecule is Cc1cc(Sc2nc(N)nc(N3CCCC3)n2)n(C)n1. The monoisotopic (exact) mass is 291 g/mol. The lowest BCUT2D eigenvalue weighted by molar-refractivity contribution is 0.690. The van der Waals surface area contributed by atoms with Gasteiger partial charge in [-0.15, -0.1) is 0 Å². The van der Waals surface area contributed by atoms with E-state index < -0.39 is 0 Å². The van der Waals surface area contributed by atoms with E-state index in [4.69, 9.17) is 5.73 Å². The van der Waals surface area contributed by atoms with Crippen molar-refractivity contribution in [3.8, 4) is 0 Å². The summed E-state index contributed by atoms with van der Waals surface area (Å²) in [7, 11) is 1.90. The molecule has 8 heteroatoms. The first kappa shape index (κ1) is 13.2. The summed E-state index contributed by atoms with van der Waals surface area (Å²) < 4.78 is 1.81. The Kier molecular flexibility index (Phi) is 3.47. The van der Waals surface area contributed by atoms with Crippen LogP contribution in [0.1, 0.15) is 18.5 Å². The summed E-state index contributed by atoms with van der Waals surface area (Å²) in [6.45, 7) is 3.93.